The third-order valence-electron chi connectivity index (χ3n) is 6.06. The van der Waals surface area contributed by atoms with Crippen molar-refractivity contribution in [1.82, 2.24) is 4.90 Å². The van der Waals surface area contributed by atoms with Crippen molar-refractivity contribution in [2.45, 2.75) is 19.3 Å². The number of methoxy groups -OCH3 is 2. The molecule has 2 saturated carbocycles. The monoisotopic (exact) mass is 301 g/mol. The minimum Gasteiger partial charge on any atom is -0.493 e. The number of nitrogens with zero attached hydrogens (tertiary/aromatic N) is 1. The van der Waals surface area contributed by atoms with Crippen LogP contribution in [0.15, 0.2) is 18.2 Å². The van der Waals surface area contributed by atoms with Gasteiger partial charge in [-0.1, -0.05) is 6.07 Å². The fraction of sp³-hybridized carbons (Fsp3) is 0.611. The lowest BCUT2D eigenvalue weighted by atomic mass is 9.82. The average Bonchev–Trinajstić information content (AvgIpc) is 3.25. The van der Waals surface area contributed by atoms with Gasteiger partial charge in [0.15, 0.2) is 11.5 Å². The van der Waals surface area contributed by atoms with Crippen molar-refractivity contribution in [3.05, 3.63) is 23.8 Å². The summed E-state index contributed by atoms with van der Waals surface area (Å²) in [5.74, 6) is 4.45. The first-order valence-corrected chi connectivity index (χ1v) is 8.23. The van der Waals surface area contributed by atoms with E-state index in [1.54, 1.807) is 14.2 Å². The largest absolute Gasteiger partial charge is 0.493 e. The van der Waals surface area contributed by atoms with Gasteiger partial charge >= 0.3 is 0 Å². The highest BCUT2D eigenvalue weighted by atomic mass is 16.5. The molecule has 1 aromatic rings. The molecule has 118 valence electrons. The van der Waals surface area contributed by atoms with Crippen LogP contribution in [-0.4, -0.2) is 38.1 Å². The van der Waals surface area contributed by atoms with E-state index in [1.165, 1.54) is 19.3 Å². The van der Waals surface area contributed by atoms with Gasteiger partial charge in [-0.3, -0.25) is 4.79 Å². The van der Waals surface area contributed by atoms with Crippen molar-refractivity contribution in [2.75, 3.05) is 27.3 Å². The molecule has 0 radical (unpaired) electrons. The molecule has 0 N–H and O–H groups in total. The normalized spacial score (nSPS) is 32.2. The summed E-state index contributed by atoms with van der Waals surface area (Å²) in [6.45, 7) is 1.84. The second kappa shape index (κ2) is 5.18. The topological polar surface area (TPSA) is 38.8 Å². The Morgan fingerprint density at radius 1 is 1.09 bits per heavy atom. The van der Waals surface area contributed by atoms with Gasteiger partial charge in [0.05, 0.1) is 19.8 Å². The number of carbonyl (C=O) groups is 1. The number of para-hydroxylation sites is 1. The van der Waals surface area contributed by atoms with Crippen LogP contribution in [0.2, 0.25) is 0 Å². The first kappa shape index (κ1) is 13.9. The van der Waals surface area contributed by atoms with Crippen molar-refractivity contribution in [2.24, 2.45) is 23.7 Å². The number of ether oxygens (including phenoxy) is 2. The molecular weight excluding hydrogens is 278 g/mol. The maximum Gasteiger partial charge on any atom is 0.257 e. The Hall–Kier alpha value is -1.71. The molecule has 1 heterocycles. The van der Waals surface area contributed by atoms with Crippen molar-refractivity contribution >= 4 is 5.91 Å². The first-order valence-electron chi connectivity index (χ1n) is 8.23. The van der Waals surface area contributed by atoms with Crippen LogP contribution >= 0.6 is 0 Å². The molecule has 4 rings (SSSR count). The van der Waals surface area contributed by atoms with E-state index in [1.807, 2.05) is 23.1 Å². The molecule has 0 aromatic heterocycles. The number of likely N-dealkylation sites (tertiary alicyclic amines) is 1. The van der Waals surface area contributed by atoms with E-state index in [0.717, 1.165) is 36.8 Å². The molecule has 4 nitrogen and oxygen atoms in total. The molecule has 2 aliphatic carbocycles. The molecule has 1 saturated heterocycles. The zero-order chi connectivity index (χ0) is 15.3. The molecule has 0 unspecified atom stereocenters. The Kier molecular flexibility index (Phi) is 3.28. The van der Waals surface area contributed by atoms with Crippen LogP contribution in [0.25, 0.3) is 0 Å². The summed E-state index contributed by atoms with van der Waals surface area (Å²) in [6, 6.07) is 5.52. The summed E-state index contributed by atoms with van der Waals surface area (Å²) in [4.78, 5) is 15.0. The molecule has 0 spiro atoms. The van der Waals surface area contributed by atoms with Crippen LogP contribution in [0.4, 0.5) is 0 Å². The fourth-order valence-electron chi connectivity index (χ4n) is 5.07. The maximum absolute atomic E-state index is 13.0. The zero-order valence-corrected chi connectivity index (χ0v) is 13.2. The summed E-state index contributed by atoms with van der Waals surface area (Å²) >= 11 is 0. The third-order valence-corrected chi connectivity index (χ3v) is 6.06. The van der Waals surface area contributed by atoms with Gasteiger partial charge in [0.2, 0.25) is 0 Å². The third kappa shape index (κ3) is 1.93. The second-order valence-corrected chi connectivity index (χ2v) is 6.91. The highest BCUT2D eigenvalue weighted by molar-refractivity contribution is 5.98. The molecule has 2 bridgehead atoms. The fourth-order valence-corrected chi connectivity index (χ4v) is 5.07. The summed E-state index contributed by atoms with van der Waals surface area (Å²) in [6.07, 6.45) is 4.15. The molecular formula is C18H23NO3. The minimum absolute atomic E-state index is 0.0875. The van der Waals surface area contributed by atoms with E-state index < -0.39 is 0 Å². The number of rotatable bonds is 3. The number of hydrogen-bond acceptors (Lipinski definition) is 3. The Balaban J connectivity index is 1.58. The number of carbonyl (C=O) groups excluding carboxylic acids is 1. The standard InChI is InChI=1S/C18H23NO3/c1-21-16-5-3-4-13(17(16)22-2)18(20)19-9-14-11-6-7-12(8-11)15(14)10-19/h3-5,11-12,14-15H,6-10H2,1-2H3/t11-,12+,14-,15+. The molecule has 4 heteroatoms. The molecule has 4 atom stereocenters. The Morgan fingerprint density at radius 3 is 2.36 bits per heavy atom. The Bertz CT molecular complexity index is 582. The predicted octanol–water partition coefficient (Wildman–Crippen LogP) is 2.82. The minimum atomic E-state index is 0.0875. The van der Waals surface area contributed by atoms with Crippen LogP contribution in [-0.2, 0) is 0 Å². The molecule has 1 amide bonds. The lowest BCUT2D eigenvalue weighted by Gasteiger charge is -2.22. The Labute approximate surface area is 131 Å². The van der Waals surface area contributed by atoms with E-state index in [4.69, 9.17) is 9.47 Å². The predicted molar refractivity (Wildman–Crippen MR) is 83.3 cm³/mol. The van der Waals surface area contributed by atoms with E-state index in [-0.39, 0.29) is 5.91 Å². The lowest BCUT2D eigenvalue weighted by molar-refractivity contribution is 0.0772. The van der Waals surface area contributed by atoms with Crippen LogP contribution in [0.1, 0.15) is 29.6 Å². The number of fused-ring (bicyclic) bond motifs is 5. The van der Waals surface area contributed by atoms with Gasteiger partial charge in [-0.25, -0.2) is 0 Å². The molecule has 22 heavy (non-hydrogen) atoms. The zero-order valence-electron chi connectivity index (χ0n) is 13.2. The average molecular weight is 301 g/mol. The van der Waals surface area contributed by atoms with E-state index in [9.17, 15) is 4.79 Å². The maximum atomic E-state index is 13.0. The number of benzene rings is 1. The van der Waals surface area contributed by atoms with E-state index >= 15 is 0 Å². The molecule has 3 fully saturated rings. The molecule has 3 aliphatic rings. The highest BCUT2D eigenvalue weighted by Crippen LogP contribution is 2.55. The van der Waals surface area contributed by atoms with Gasteiger partial charge in [0.1, 0.15) is 0 Å². The smallest absolute Gasteiger partial charge is 0.257 e. The van der Waals surface area contributed by atoms with E-state index in [2.05, 4.69) is 0 Å². The first-order chi connectivity index (χ1) is 10.7. The van der Waals surface area contributed by atoms with Gasteiger partial charge in [0.25, 0.3) is 5.91 Å². The van der Waals surface area contributed by atoms with Gasteiger partial charge in [0, 0.05) is 13.1 Å². The summed E-state index contributed by atoms with van der Waals surface area (Å²) in [7, 11) is 3.19. The SMILES string of the molecule is COc1cccc(C(=O)N2C[C@@H]3[C@@H]4CC[C@@H](C4)[C@@H]3C2)c1OC. The van der Waals surface area contributed by atoms with Crippen molar-refractivity contribution in [1.29, 1.82) is 0 Å². The quantitative estimate of drug-likeness (QED) is 0.862. The highest BCUT2D eigenvalue weighted by Gasteiger charge is 2.52. The van der Waals surface area contributed by atoms with Crippen molar-refractivity contribution in [3.63, 3.8) is 0 Å². The van der Waals surface area contributed by atoms with Gasteiger partial charge in [-0.15, -0.1) is 0 Å². The van der Waals surface area contributed by atoms with Gasteiger partial charge in [-0.2, -0.15) is 0 Å². The Morgan fingerprint density at radius 2 is 1.77 bits per heavy atom. The van der Waals surface area contributed by atoms with Crippen LogP contribution in [0, 0.1) is 23.7 Å². The lowest BCUT2D eigenvalue weighted by Crippen LogP contribution is -2.30. The number of amides is 1. The van der Waals surface area contributed by atoms with Gasteiger partial charge in [-0.05, 0) is 55.1 Å². The van der Waals surface area contributed by atoms with Crippen LogP contribution < -0.4 is 9.47 Å². The molecule has 1 aliphatic heterocycles. The second-order valence-electron chi connectivity index (χ2n) is 6.91. The summed E-state index contributed by atoms with van der Waals surface area (Å²) < 4.78 is 10.7. The summed E-state index contributed by atoms with van der Waals surface area (Å²) in [5, 5.41) is 0. The number of hydrogen-bond donors (Lipinski definition) is 0. The van der Waals surface area contributed by atoms with Crippen LogP contribution in [0.3, 0.4) is 0 Å². The van der Waals surface area contributed by atoms with Crippen LogP contribution in [0.5, 0.6) is 11.5 Å². The van der Waals surface area contributed by atoms with Crippen molar-refractivity contribution in [3.8, 4) is 11.5 Å². The molecule has 1 aromatic carbocycles. The van der Waals surface area contributed by atoms with E-state index in [0.29, 0.717) is 17.1 Å². The van der Waals surface area contributed by atoms with Crippen molar-refractivity contribution < 1.29 is 14.3 Å². The van der Waals surface area contributed by atoms with Gasteiger partial charge < -0.3 is 14.4 Å². The summed E-state index contributed by atoms with van der Waals surface area (Å²) in [5.41, 5.74) is 0.620.